The summed E-state index contributed by atoms with van der Waals surface area (Å²) in [5, 5.41) is 3.69. The van der Waals surface area contributed by atoms with Crippen molar-refractivity contribution in [2.75, 3.05) is 25.1 Å². The van der Waals surface area contributed by atoms with Crippen LogP contribution in [0.2, 0.25) is 0 Å². The van der Waals surface area contributed by atoms with Crippen LogP contribution in [0.3, 0.4) is 0 Å². The maximum Gasteiger partial charge on any atom is 0.253 e. The minimum absolute atomic E-state index is 0.0731. The molecule has 1 amide bonds. The van der Waals surface area contributed by atoms with Gasteiger partial charge >= 0.3 is 0 Å². The van der Waals surface area contributed by atoms with Crippen LogP contribution in [0.25, 0.3) is 0 Å². The van der Waals surface area contributed by atoms with Gasteiger partial charge in [-0.2, -0.15) is 0 Å². The van der Waals surface area contributed by atoms with Gasteiger partial charge < -0.3 is 10.1 Å². The van der Waals surface area contributed by atoms with E-state index in [0.717, 1.165) is 17.4 Å². The highest BCUT2D eigenvalue weighted by molar-refractivity contribution is 9.09. The molecule has 0 aliphatic heterocycles. The SMILES string of the molecule is Cc1ncccc1C(=O)NCCCOCCBr. The molecule has 0 bridgehead atoms. The fraction of sp³-hybridized carbons (Fsp3) is 0.500. The lowest BCUT2D eigenvalue weighted by molar-refractivity contribution is 0.0943. The lowest BCUT2D eigenvalue weighted by Gasteiger charge is -2.07. The van der Waals surface area contributed by atoms with Gasteiger partial charge in [0.1, 0.15) is 0 Å². The van der Waals surface area contributed by atoms with Crippen molar-refractivity contribution in [2.45, 2.75) is 13.3 Å². The molecule has 0 atom stereocenters. The standard InChI is InChI=1S/C12H17BrN2O2/c1-10-11(4-2-6-14-10)12(16)15-7-3-8-17-9-5-13/h2,4,6H,3,5,7-9H2,1H3,(H,15,16). The van der Waals surface area contributed by atoms with E-state index in [9.17, 15) is 4.79 Å². The third-order valence-corrected chi connectivity index (χ3v) is 2.55. The van der Waals surface area contributed by atoms with E-state index >= 15 is 0 Å². The Hall–Kier alpha value is -0.940. The number of aryl methyl sites for hydroxylation is 1. The fourth-order valence-electron chi connectivity index (χ4n) is 1.35. The number of carbonyl (C=O) groups is 1. The van der Waals surface area contributed by atoms with Gasteiger partial charge in [-0.15, -0.1) is 0 Å². The second-order valence-corrected chi connectivity index (χ2v) is 4.34. The van der Waals surface area contributed by atoms with E-state index in [2.05, 4.69) is 26.2 Å². The van der Waals surface area contributed by atoms with Gasteiger partial charge in [-0.1, -0.05) is 15.9 Å². The van der Waals surface area contributed by atoms with E-state index in [-0.39, 0.29) is 5.91 Å². The predicted molar refractivity (Wildman–Crippen MR) is 70.5 cm³/mol. The topological polar surface area (TPSA) is 51.2 Å². The summed E-state index contributed by atoms with van der Waals surface area (Å²) < 4.78 is 5.28. The van der Waals surface area contributed by atoms with Crippen molar-refractivity contribution in [3.63, 3.8) is 0 Å². The number of aromatic nitrogens is 1. The summed E-state index contributed by atoms with van der Waals surface area (Å²) in [6.45, 7) is 3.82. The first-order chi connectivity index (χ1) is 8.25. The summed E-state index contributed by atoms with van der Waals surface area (Å²) in [7, 11) is 0. The third kappa shape index (κ3) is 5.28. The zero-order chi connectivity index (χ0) is 12.5. The summed E-state index contributed by atoms with van der Waals surface area (Å²) >= 11 is 3.28. The van der Waals surface area contributed by atoms with Crippen LogP contribution < -0.4 is 5.32 Å². The Kier molecular flexibility index (Phi) is 6.81. The second-order valence-electron chi connectivity index (χ2n) is 3.55. The van der Waals surface area contributed by atoms with Crippen LogP contribution in [0.4, 0.5) is 0 Å². The summed E-state index contributed by atoms with van der Waals surface area (Å²) in [5.41, 5.74) is 1.38. The van der Waals surface area contributed by atoms with Crippen molar-refractivity contribution in [1.29, 1.82) is 0 Å². The van der Waals surface area contributed by atoms with Crippen molar-refractivity contribution < 1.29 is 9.53 Å². The average Bonchev–Trinajstić information content (AvgIpc) is 2.34. The molecule has 1 N–H and O–H groups in total. The fourth-order valence-corrected chi connectivity index (χ4v) is 1.58. The number of nitrogens with zero attached hydrogens (tertiary/aromatic N) is 1. The Morgan fingerprint density at radius 2 is 2.35 bits per heavy atom. The molecule has 0 aliphatic carbocycles. The van der Waals surface area contributed by atoms with Crippen LogP contribution in [-0.4, -0.2) is 36.0 Å². The molecule has 94 valence electrons. The van der Waals surface area contributed by atoms with Crippen LogP contribution >= 0.6 is 15.9 Å². The smallest absolute Gasteiger partial charge is 0.253 e. The van der Waals surface area contributed by atoms with Gasteiger partial charge in [0.25, 0.3) is 5.91 Å². The molecule has 0 aliphatic rings. The first-order valence-electron chi connectivity index (χ1n) is 5.59. The molecule has 0 spiro atoms. The highest BCUT2D eigenvalue weighted by Gasteiger charge is 2.07. The number of nitrogens with one attached hydrogen (secondary N) is 1. The molecule has 1 rings (SSSR count). The second kappa shape index (κ2) is 8.20. The van der Waals surface area contributed by atoms with Crippen molar-refractivity contribution in [1.82, 2.24) is 10.3 Å². The molecule has 4 nitrogen and oxygen atoms in total. The van der Waals surface area contributed by atoms with Gasteiger partial charge in [0, 0.05) is 30.4 Å². The maximum atomic E-state index is 11.8. The molecule has 1 aromatic heterocycles. The van der Waals surface area contributed by atoms with Crippen molar-refractivity contribution in [2.24, 2.45) is 0 Å². The lowest BCUT2D eigenvalue weighted by Crippen LogP contribution is -2.26. The molecule has 1 heterocycles. The van der Waals surface area contributed by atoms with E-state index in [0.29, 0.717) is 25.3 Å². The molecular formula is C12H17BrN2O2. The van der Waals surface area contributed by atoms with Crippen LogP contribution in [0.1, 0.15) is 22.5 Å². The molecule has 0 saturated heterocycles. The monoisotopic (exact) mass is 300 g/mol. The third-order valence-electron chi connectivity index (χ3n) is 2.22. The summed E-state index contributed by atoms with van der Waals surface area (Å²) in [6.07, 6.45) is 2.50. The molecule has 1 aromatic rings. The van der Waals surface area contributed by atoms with Gasteiger partial charge in [-0.05, 0) is 25.5 Å². The highest BCUT2D eigenvalue weighted by Crippen LogP contribution is 2.02. The number of rotatable bonds is 7. The van der Waals surface area contributed by atoms with Crippen LogP contribution in [0.15, 0.2) is 18.3 Å². The van der Waals surface area contributed by atoms with Crippen LogP contribution in [-0.2, 0) is 4.74 Å². The largest absolute Gasteiger partial charge is 0.381 e. The normalized spacial score (nSPS) is 10.2. The predicted octanol–water partition coefficient (Wildman–Crippen LogP) is 1.92. The van der Waals surface area contributed by atoms with Crippen molar-refractivity contribution in [3.05, 3.63) is 29.6 Å². The van der Waals surface area contributed by atoms with E-state index in [1.54, 1.807) is 18.3 Å². The van der Waals surface area contributed by atoms with Gasteiger partial charge in [-0.25, -0.2) is 0 Å². The molecule has 5 heteroatoms. The lowest BCUT2D eigenvalue weighted by atomic mass is 10.2. The summed E-state index contributed by atoms with van der Waals surface area (Å²) in [6, 6.07) is 3.54. The zero-order valence-electron chi connectivity index (χ0n) is 9.91. The minimum atomic E-state index is -0.0731. The van der Waals surface area contributed by atoms with E-state index in [1.165, 1.54) is 0 Å². The molecule has 0 unspecified atom stereocenters. The molecule has 0 saturated carbocycles. The first-order valence-corrected chi connectivity index (χ1v) is 6.71. The molecule has 0 radical (unpaired) electrons. The number of hydrogen-bond acceptors (Lipinski definition) is 3. The van der Waals surface area contributed by atoms with E-state index in [1.807, 2.05) is 6.92 Å². The Morgan fingerprint density at radius 3 is 3.06 bits per heavy atom. The average molecular weight is 301 g/mol. The summed E-state index contributed by atoms with van der Waals surface area (Å²) in [5.74, 6) is -0.0731. The number of carbonyl (C=O) groups excluding carboxylic acids is 1. The Balaban J connectivity index is 2.24. The maximum absolute atomic E-state index is 11.8. The van der Waals surface area contributed by atoms with Gasteiger partial charge in [0.15, 0.2) is 0 Å². The van der Waals surface area contributed by atoms with Gasteiger partial charge in [0.2, 0.25) is 0 Å². The quantitative estimate of drug-likeness (QED) is 0.618. The highest BCUT2D eigenvalue weighted by atomic mass is 79.9. The molecule has 0 aromatic carbocycles. The minimum Gasteiger partial charge on any atom is -0.381 e. The number of ether oxygens (including phenoxy) is 1. The van der Waals surface area contributed by atoms with Crippen LogP contribution in [0, 0.1) is 6.92 Å². The van der Waals surface area contributed by atoms with E-state index < -0.39 is 0 Å². The molecule has 0 fully saturated rings. The number of amides is 1. The van der Waals surface area contributed by atoms with Gasteiger partial charge in [0.05, 0.1) is 12.2 Å². The molecule has 17 heavy (non-hydrogen) atoms. The van der Waals surface area contributed by atoms with Crippen LogP contribution in [0.5, 0.6) is 0 Å². The van der Waals surface area contributed by atoms with Crippen molar-refractivity contribution >= 4 is 21.8 Å². The number of pyridine rings is 1. The number of halogens is 1. The Labute approximate surface area is 110 Å². The Bertz CT molecular complexity index is 358. The molecular weight excluding hydrogens is 284 g/mol. The zero-order valence-corrected chi connectivity index (χ0v) is 11.5. The Morgan fingerprint density at radius 1 is 1.53 bits per heavy atom. The summed E-state index contributed by atoms with van der Waals surface area (Å²) in [4.78, 5) is 15.8. The number of alkyl halides is 1. The number of hydrogen-bond donors (Lipinski definition) is 1. The van der Waals surface area contributed by atoms with E-state index in [4.69, 9.17) is 4.74 Å². The first kappa shape index (κ1) is 14.1. The van der Waals surface area contributed by atoms with Gasteiger partial charge in [-0.3, -0.25) is 9.78 Å². The van der Waals surface area contributed by atoms with Crippen molar-refractivity contribution in [3.8, 4) is 0 Å².